The molecule has 17 heavy (non-hydrogen) atoms. The van der Waals surface area contributed by atoms with Crippen molar-refractivity contribution in [1.82, 2.24) is 4.98 Å². The molecule has 2 aromatic rings. The van der Waals surface area contributed by atoms with Gasteiger partial charge >= 0.3 is 0 Å². The van der Waals surface area contributed by atoms with Crippen molar-refractivity contribution in [2.75, 3.05) is 0 Å². The first-order chi connectivity index (χ1) is 8.16. The Hall–Kier alpha value is -1.22. The van der Waals surface area contributed by atoms with Crippen molar-refractivity contribution in [1.29, 1.82) is 0 Å². The molecule has 1 aromatic carbocycles. The van der Waals surface area contributed by atoms with Crippen molar-refractivity contribution in [3.05, 3.63) is 40.0 Å². The van der Waals surface area contributed by atoms with E-state index in [1.807, 2.05) is 0 Å². The second-order valence-electron chi connectivity index (χ2n) is 4.34. The third-order valence-electron chi connectivity index (χ3n) is 3.23. The van der Waals surface area contributed by atoms with Crippen molar-refractivity contribution in [3.8, 4) is 0 Å². The van der Waals surface area contributed by atoms with Gasteiger partial charge in [0.25, 0.3) is 0 Å². The number of nitrogens with zero attached hydrogens (tertiary/aromatic N) is 1. The second kappa shape index (κ2) is 3.91. The van der Waals surface area contributed by atoms with Gasteiger partial charge in [-0.3, -0.25) is 4.98 Å². The largest absolute Gasteiger partial charge is 0.252 e. The van der Waals surface area contributed by atoms with Crippen molar-refractivity contribution in [3.63, 3.8) is 0 Å². The number of hydrogen-bond acceptors (Lipinski definition) is 1. The smallest absolute Gasteiger partial charge is 0.161 e. The van der Waals surface area contributed by atoms with Gasteiger partial charge in [0, 0.05) is 17.1 Å². The van der Waals surface area contributed by atoms with Crippen LogP contribution in [0, 0.1) is 11.6 Å². The van der Waals surface area contributed by atoms with Crippen LogP contribution < -0.4 is 0 Å². The highest BCUT2D eigenvalue weighted by Crippen LogP contribution is 2.33. The molecule has 4 heteroatoms. The minimum atomic E-state index is -0.878. The van der Waals surface area contributed by atoms with Crippen molar-refractivity contribution >= 4 is 22.5 Å². The van der Waals surface area contributed by atoms with Gasteiger partial charge < -0.3 is 0 Å². The molecule has 1 aromatic heterocycles. The highest BCUT2D eigenvalue weighted by atomic mass is 35.5. The van der Waals surface area contributed by atoms with Gasteiger partial charge in [0.15, 0.2) is 11.6 Å². The Labute approximate surface area is 102 Å². The molecule has 0 bridgehead atoms. The Morgan fingerprint density at radius 1 is 1.06 bits per heavy atom. The van der Waals surface area contributed by atoms with E-state index in [9.17, 15) is 8.78 Å². The average molecular weight is 254 g/mol. The van der Waals surface area contributed by atoms with Crippen LogP contribution >= 0.6 is 11.6 Å². The van der Waals surface area contributed by atoms with Crippen LogP contribution in [0.5, 0.6) is 0 Å². The standard InChI is InChI=1S/C13H10ClF2N/c14-13-7-3-1-2-4-11(7)17-12-6-10(16)9(15)5-8(12)13/h5-6H,1-4H2. The number of aryl methyl sites for hydroxylation is 1. The van der Waals surface area contributed by atoms with Crippen LogP contribution in [0.15, 0.2) is 12.1 Å². The van der Waals surface area contributed by atoms with Gasteiger partial charge in [-0.1, -0.05) is 11.6 Å². The minimum absolute atomic E-state index is 0.439. The van der Waals surface area contributed by atoms with E-state index in [0.717, 1.165) is 49.1 Å². The molecule has 0 aliphatic heterocycles. The topological polar surface area (TPSA) is 12.9 Å². The zero-order valence-electron chi connectivity index (χ0n) is 9.06. The molecule has 0 radical (unpaired) electrons. The summed E-state index contributed by atoms with van der Waals surface area (Å²) in [6.07, 6.45) is 3.88. The molecule has 1 aliphatic rings. The number of benzene rings is 1. The molecule has 3 rings (SSSR count). The summed E-state index contributed by atoms with van der Waals surface area (Å²) in [5.74, 6) is -1.76. The molecule has 0 amide bonds. The molecule has 88 valence electrons. The zero-order chi connectivity index (χ0) is 12.0. The molecular weight excluding hydrogens is 244 g/mol. The van der Waals surface area contributed by atoms with E-state index in [0.29, 0.717) is 15.9 Å². The summed E-state index contributed by atoms with van der Waals surface area (Å²) in [7, 11) is 0. The third-order valence-corrected chi connectivity index (χ3v) is 3.67. The van der Waals surface area contributed by atoms with Crippen LogP contribution in [-0.2, 0) is 12.8 Å². The molecule has 0 saturated carbocycles. The maximum Gasteiger partial charge on any atom is 0.161 e. The SMILES string of the molecule is Fc1cc2nc3c(c(Cl)c2cc1F)CCCC3. The van der Waals surface area contributed by atoms with Gasteiger partial charge in [0.05, 0.1) is 10.5 Å². The maximum atomic E-state index is 13.2. The summed E-state index contributed by atoms with van der Waals surface area (Å²) in [5.41, 5.74) is 2.37. The van der Waals surface area contributed by atoms with Gasteiger partial charge in [-0.15, -0.1) is 0 Å². The molecule has 1 aliphatic carbocycles. The predicted molar refractivity (Wildman–Crippen MR) is 63.3 cm³/mol. The molecular formula is C13H10ClF2N. The quantitative estimate of drug-likeness (QED) is 0.690. The summed E-state index contributed by atoms with van der Waals surface area (Å²) in [5, 5.41) is 1.04. The van der Waals surface area contributed by atoms with Crippen LogP contribution in [0.2, 0.25) is 5.02 Å². The molecule has 0 spiro atoms. The Morgan fingerprint density at radius 2 is 1.76 bits per heavy atom. The fraction of sp³-hybridized carbons (Fsp3) is 0.308. The fourth-order valence-corrected chi connectivity index (χ4v) is 2.72. The van der Waals surface area contributed by atoms with Crippen molar-refractivity contribution < 1.29 is 8.78 Å². The number of halogens is 3. The lowest BCUT2D eigenvalue weighted by Gasteiger charge is -2.17. The van der Waals surface area contributed by atoms with Crippen LogP contribution in [0.4, 0.5) is 8.78 Å². The molecule has 0 fully saturated rings. The van der Waals surface area contributed by atoms with Gasteiger partial charge in [-0.25, -0.2) is 8.78 Å². The van der Waals surface area contributed by atoms with Gasteiger partial charge in [0.1, 0.15) is 0 Å². The first-order valence-corrected chi connectivity index (χ1v) is 6.00. The fourth-order valence-electron chi connectivity index (χ4n) is 2.36. The molecule has 0 saturated heterocycles. The minimum Gasteiger partial charge on any atom is -0.252 e. The summed E-state index contributed by atoms with van der Waals surface area (Å²) in [4.78, 5) is 4.39. The molecule has 1 nitrogen and oxygen atoms in total. The van der Waals surface area contributed by atoms with E-state index in [-0.39, 0.29) is 0 Å². The summed E-state index contributed by atoms with van der Waals surface area (Å²) >= 11 is 6.25. The Bertz CT molecular complexity index is 610. The van der Waals surface area contributed by atoms with Gasteiger partial charge in [-0.2, -0.15) is 0 Å². The summed E-state index contributed by atoms with van der Waals surface area (Å²) in [6, 6.07) is 2.25. The molecule has 1 heterocycles. The lowest BCUT2D eigenvalue weighted by molar-refractivity contribution is 0.510. The van der Waals surface area contributed by atoms with Crippen molar-refractivity contribution in [2.45, 2.75) is 25.7 Å². The number of hydrogen-bond donors (Lipinski definition) is 0. The van der Waals surface area contributed by atoms with Crippen molar-refractivity contribution in [2.24, 2.45) is 0 Å². The molecule has 0 atom stereocenters. The molecule has 0 N–H and O–H groups in total. The van der Waals surface area contributed by atoms with E-state index >= 15 is 0 Å². The monoisotopic (exact) mass is 253 g/mol. The third kappa shape index (κ3) is 1.69. The first kappa shape index (κ1) is 10.9. The van der Waals surface area contributed by atoms with Crippen LogP contribution in [-0.4, -0.2) is 4.98 Å². The number of fused-ring (bicyclic) bond motifs is 2. The highest BCUT2D eigenvalue weighted by Gasteiger charge is 2.18. The van der Waals surface area contributed by atoms with Crippen LogP contribution in [0.3, 0.4) is 0 Å². The van der Waals surface area contributed by atoms with Gasteiger partial charge in [-0.05, 0) is 37.3 Å². The van der Waals surface area contributed by atoms with E-state index in [1.54, 1.807) is 0 Å². The normalized spacial score (nSPS) is 15.0. The maximum absolute atomic E-state index is 13.2. The first-order valence-electron chi connectivity index (χ1n) is 5.63. The number of rotatable bonds is 0. The van der Waals surface area contributed by atoms with E-state index in [1.165, 1.54) is 0 Å². The number of aromatic nitrogens is 1. The zero-order valence-corrected chi connectivity index (χ0v) is 9.82. The van der Waals surface area contributed by atoms with Gasteiger partial charge in [0.2, 0.25) is 0 Å². The Balaban J connectivity index is 2.36. The lowest BCUT2D eigenvalue weighted by atomic mass is 9.94. The lowest BCUT2D eigenvalue weighted by Crippen LogP contribution is -2.07. The summed E-state index contributed by atoms with van der Waals surface area (Å²) < 4.78 is 26.4. The molecule has 0 unspecified atom stereocenters. The average Bonchev–Trinajstić information content (AvgIpc) is 2.32. The second-order valence-corrected chi connectivity index (χ2v) is 4.72. The van der Waals surface area contributed by atoms with E-state index in [2.05, 4.69) is 4.98 Å². The van der Waals surface area contributed by atoms with E-state index in [4.69, 9.17) is 11.6 Å². The predicted octanol–water partition coefficient (Wildman–Crippen LogP) is 4.05. The number of pyridine rings is 1. The Kier molecular flexibility index (Phi) is 2.51. The van der Waals surface area contributed by atoms with E-state index < -0.39 is 11.6 Å². The van der Waals surface area contributed by atoms with Crippen LogP contribution in [0.1, 0.15) is 24.1 Å². The highest BCUT2D eigenvalue weighted by molar-refractivity contribution is 6.36. The Morgan fingerprint density at radius 3 is 2.59 bits per heavy atom. The summed E-state index contributed by atoms with van der Waals surface area (Å²) in [6.45, 7) is 0. The van der Waals surface area contributed by atoms with Crippen LogP contribution in [0.25, 0.3) is 10.9 Å².